The highest BCUT2D eigenvalue weighted by Gasteiger charge is 2.36. The SMILES string of the molecule is CC(=O)OC1CC(C)(C)C/C1=C\c1ccccc1. The van der Waals surface area contributed by atoms with Crippen LogP contribution in [0.3, 0.4) is 0 Å². The van der Waals surface area contributed by atoms with Crippen molar-refractivity contribution >= 4 is 12.0 Å². The molecule has 2 heteroatoms. The molecule has 2 nitrogen and oxygen atoms in total. The number of ether oxygens (including phenoxy) is 1. The first-order valence-electron chi connectivity index (χ1n) is 6.39. The van der Waals surface area contributed by atoms with Crippen molar-refractivity contribution < 1.29 is 9.53 Å². The van der Waals surface area contributed by atoms with Crippen LogP contribution in [-0.4, -0.2) is 12.1 Å². The largest absolute Gasteiger partial charge is 0.458 e. The van der Waals surface area contributed by atoms with E-state index in [0.717, 1.165) is 12.8 Å². The van der Waals surface area contributed by atoms with Crippen LogP contribution < -0.4 is 0 Å². The summed E-state index contributed by atoms with van der Waals surface area (Å²) in [5.41, 5.74) is 2.60. The van der Waals surface area contributed by atoms with Gasteiger partial charge in [-0.25, -0.2) is 0 Å². The van der Waals surface area contributed by atoms with Gasteiger partial charge in [0.15, 0.2) is 0 Å². The molecule has 0 amide bonds. The molecular formula is C16H20O2. The predicted molar refractivity (Wildman–Crippen MR) is 73.0 cm³/mol. The van der Waals surface area contributed by atoms with Gasteiger partial charge < -0.3 is 4.74 Å². The van der Waals surface area contributed by atoms with Crippen molar-refractivity contribution in [3.63, 3.8) is 0 Å². The fourth-order valence-electron chi connectivity index (χ4n) is 2.60. The van der Waals surface area contributed by atoms with Crippen LogP contribution in [0.1, 0.15) is 39.2 Å². The van der Waals surface area contributed by atoms with E-state index in [-0.39, 0.29) is 17.5 Å². The van der Waals surface area contributed by atoms with Gasteiger partial charge in [-0.05, 0) is 29.4 Å². The molecule has 2 rings (SSSR count). The third-order valence-corrected chi connectivity index (χ3v) is 3.29. The van der Waals surface area contributed by atoms with E-state index in [9.17, 15) is 4.79 Å². The highest BCUT2D eigenvalue weighted by molar-refractivity contribution is 5.67. The van der Waals surface area contributed by atoms with Gasteiger partial charge >= 0.3 is 5.97 Å². The molecule has 0 saturated heterocycles. The number of hydrogen-bond donors (Lipinski definition) is 0. The fraction of sp³-hybridized carbons (Fsp3) is 0.438. The molecule has 1 aliphatic rings. The van der Waals surface area contributed by atoms with Gasteiger partial charge in [-0.15, -0.1) is 0 Å². The minimum absolute atomic E-state index is 0.0577. The third-order valence-electron chi connectivity index (χ3n) is 3.29. The summed E-state index contributed by atoms with van der Waals surface area (Å²) in [7, 11) is 0. The van der Waals surface area contributed by atoms with Gasteiger partial charge in [0.05, 0.1) is 0 Å². The molecule has 0 radical (unpaired) electrons. The Morgan fingerprint density at radius 2 is 2.00 bits per heavy atom. The molecule has 0 aromatic heterocycles. The number of benzene rings is 1. The van der Waals surface area contributed by atoms with E-state index in [1.165, 1.54) is 18.1 Å². The average molecular weight is 244 g/mol. The summed E-state index contributed by atoms with van der Waals surface area (Å²) in [4.78, 5) is 11.2. The third kappa shape index (κ3) is 3.22. The van der Waals surface area contributed by atoms with Crippen molar-refractivity contribution in [2.75, 3.05) is 0 Å². The summed E-state index contributed by atoms with van der Waals surface area (Å²) in [5.74, 6) is -0.198. The lowest BCUT2D eigenvalue weighted by molar-refractivity contribution is -0.144. The van der Waals surface area contributed by atoms with E-state index < -0.39 is 0 Å². The van der Waals surface area contributed by atoms with Gasteiger partial charge in [-0.3, -0.25) is 4.79 Å². The van der Waals surface area contributed by atoms with Gasteiger partial charge in [-0.2, -0.15) is 0 Å². The normalized spacial score (nSPS) is 24.2. The molecule has 1 aliphatic carbocycles. The van der Waals surface area contributed by atoms with Crippen LogP contribution in [0.5, 0.6) is 0 Å². The molecule has 1 atom stereocenters. The number of rotatable bonds is 2. The quantitative estimate of drug-likeness (QED) is 0.739. The van der Waals surface area contributed by atoms with Crippen molar-refractivity contribution in [2.24, 2.45) is 5.41 Å². The number of carbonyl (C=O) groups is 1. The van der Waals surface area contributed by atoms with Crippen molar-refractivity contribution in [1.82, 2.24) is 0 Å². The van der Waals surface area contributed by atoms with E-state index in [1.807, 2.05) is 18.2 Å². The predicted octanol–water partition coefficient (Wildman–Crippen LogP) is 3.82. The zero-order valence-electron chi connectivity index (χ0n) is 11.3. The van der Waals surface area contributed by atoms with Crippen LogP contribution >= 0.6 is 0 Å². The first kappa shape index (κ1) is 12.9. The van der Waals surface area contributed by atoms with Crippen LogP contribution in [0.4, 0.5) is 0 Å². The zero-order chi connectivity index (χ0) is 13.2. The molecule has 1 saturated carbocycles. The van der Waals surface area contributed by atoms with Crippen molar-refractivity contribution in [2.45, 2.75) is 39.7 Å². The second kappa shape index (κ2) is 4.97. The van der Waals surface area contributed by atoms with Gasteiger partial charge in [0.2, 0.25) is 0 Å². The lowest BCUT2D eigenvalue weighted by atomic mass is 9.91. The van der Waals surface area contributed by atoms with E-state index in [0.29, 0.717) is 0 Å². The Hall–Kier alpha value is -1.57. The molecule has 96 valence electrons. The summed E-state index contributed by atoms with van der Waals surface area (Å²) in [6, 6.07) is 10.2. The van der Waals surface area contributed by atoms with E-state index >= 15 is 0 Å². The number of carbonyl (C=O) groups excluding carboxylic acids is 1. The molecule has 18 heavy (non-hydrogen) atoms. The Bertz CT molecular complexity index is 457. The lowest BCUT2D eigenvalue weighted by Gasteiger charge is -2.15. The lowest BCUT2D eigenvalue weighted by Crippen LogP contribution is -2.15. The fourth-order valence-corrected chi connectivity index (χ4v) is 2.60. The van der Waals surface area contributed by atoms with E-state index in [1.54, 1.807) is 0 Å². The Labute approximate surface area is 109 Å². The molecular weight excluding hydrogens is 224 g/mol. The summed E-state index contributed by atoms with van der Waals surface area (Å²) < 4.78 is 5.42. The van der Waals surface area contributed by atoms with Gasteiger partial charge in [0.25, 0.3) is 0 Å². The maximum Gasteiger partial charge on any atom is 0.303 e. The number of esters is 1. The molecule has 1 aromatic carbocycles. The summed E-state index contributed by atoms with van der Waals surface area (Å²) in [6.45, 7) is 5.91. The summed E-state index contributed by atoms with van der Waals surface area (Å²) in [6.07, 6.45) is 3.99. The highest BCUT2D eigenvalue weighted by atomic mass is 16.5. The van der Waals surface area contributed by atoms with Crippen LogP contribution in [-0.2, 0) is 9.53 Å². The maximum atomic E-state index is 11.2. The van der Waals surface area contributed by atoms with Crippen LogP contribution in [0.15, 0.2) is 35.9 Å². The second-order valence-corrected chi connectivity index (χ2v) is 5.77. The van der Waals surface area contributed by atoms with Gasteiger partial charge in [0.1, 0.15) is 6.10 Å². The monoisotopic (exact) mass is 244 g/mol. The van der Waals surface area contributed by atoms with Crippen LogP contribution in [0.2, 0.25) is 0 Å². The molecule has 0 spiro atoms. The first-order chi connectivity index (χ1) is 8.46. The Morgan fingerprint density at radius 1 is 1.33 bits per heavy atom. The van der Waals surface area contributed by atoms with Crippen LogP contribution in [0, 0.1) is 5.41 Å². The topological polar surface area (TPSA) is 26.3 Å². The standard InChI is InChI=1S/C16H20O2/c1-12(17)18-15-11-16(2,3)10-14(15)9-13-7-5-4-6-8-13/h4-9,15H,10-11H2,1-3H3/b14-9+. The van der Waals surface area contributed by atoms with E-state index in [4.69, 9.17) is 4.74 Å². The van der Waals surface area contributed by atoms with Crippen molar-refractivity contribution in [3.8, 4) is 0 Å². The van der Waals surface area contributed by atoms with Crippen LogP contribution in [0.25, 0.3) is 6.08 Å². The first-order valence-corrected chi connectivity index (χ1v) is 6.39. The van der Waals surface area contributed by atoms with Crippen molar-refractivity contribution in [1.29, 1.82) is 0 Å². The Kier molecular flexibility index (Phi) is 3.55. The average Bonchev–Trinajstić information content (AvgIpc) is 2.53. The highest BCUT2D eigenvalue weighted by Crippen LogP contribution is 2.43. The zero-order valence-corrected chi connectivity index (χ0v) is 11.3. The maximum absolute atomic E-state index is 11.2. The van der Waals surface area contributed by atoms with Crippen molar-refractivity contribution in [3.05, 3.63) is 41.5 Å². The molecule has 0 bridgehead atoms. The summed E-state index contributed by atoms with van der Waals surface area (Å²) >= 11 is 0. The van der Waals surface area contributed by atoms with E-state index in [2.05, 4.69) is 32.1 Å². The molecule has 1 unspecified atom stereocenters. The minimum atomic E-state index is -0.198. The Morgan fingerprint density at radius 3 is 2.61 bits per heavy atom. The van der Waals surface area contributed by atoms with Gasteiger partial charge in [0, 0.05) is 6.92 Å². The molecule has 0 N–H and O–H groups in total. The molecule has 0 aliphatic heterocycles. The minimum Gasteiger partial charge on any atom is -0.458 e. The molecule has 1 fully saturated rings. The smallest absolute Gasteiger partial charge is 0.303 e. The van der Waals surface area contributed by atoms with Gasteiger partial charge in [-0.1, -0.05) is 50.3 Å². The Balaban J connectivity index is 2.24. The second-order valence-electron chi connectivity index (χ2n) is 5.77. The summed E-state index contributed by atoms with van der Waals surface area (Å²) in [5, 5.41) is 0. The molecule has 1 aromatic rings. The number of hydrogen-bond acceptors (Lipinski definition) is 2. The molecule has 0 heterocycles.